The Morgan fingerprint density at radius 3 is 2.69 bits per heavy atom. The molecule has 2 aliphatic heterocycles. The quantitative estimate of drug-likeness (QED) is 0.837. The average molecular weight is 357 g/mol. The molecule has 2 saturated heterocycles. The van der Waals surface area contributed by atoms with Crippen LogP contribution in [0, 0.1) is 13.8 Å². The second-order valence-corrected chi connectivity index (χ2v) is 7.22. The van der Waals surface area contributed by atoms with Crippen LogP contribution in [0.4, 0.5) is 5.82 Å². The maximum absolute atomic E-state index is 12.6. The van der Waals surface area contributed by atoms with Crippen molar-refractivity contribution in [3.63, 3.8) is 0 Å². The minimum atomic E-state index is -0.225. The van der Waals surface area contributed by atoms with Crippen LogP contribution in [-0.4, -0.2) is 64.3 Å². The molecule has 26 heavy (non-hydrogen) atoms. The fourth-order valence-electron chi connectivity index (χ4n) is 3.80. The number of carbonyl (C=O) groups excluding carboxylic acids is 1. The van der Waals surface area contributed by atoms with Crippen molar-refractivity contribution in [1.29, 1.82) is 0 Å². The highest BCUT2D eigenvalue weighted by molar-refractivity contribution is 5.81. The Bertz CT molecular complexity index is 817. The van der Waals surface area contributed by atoms with Crippen LogP contribution in [0.2, 0.25) is 0 Å². The predicted octanol–water partition coefficient (Wildman–Crippen LogP) is 1.74. The number of anilines is 1. The van der Waals surface area contributed by atoms with E-state index in [4.69, 9.17) is 14.8 Å². The van der Waals surface area contributed by atoms with Crippen LogP contribution >= 0.6 is 0 Å². The molecular formula is C19H27N5O2. The smallest absolute Gasteiger partial charge is 0.251 e. The number of aromatic nitrogens is 3. The zero-order valence-corrected chi connectivity index (χ0v) is 15.9. The minimum Gasteiger partial charge on any atom is -0.368 e. The van der Waals surface area contributed by atoms with Crippen molar-refractivity contribution >= 4 is 17.4 Å². The van der Waals surface area contributed by atoms with Crippen molar-refractivity contribution in [2.45, 2.75) is 46.1 Å². The number of aryl methyl sites for hydroxylation is 3. The Kier molecular flexibility index (Phi) is 4.56. The van der Waals surface area contributed by atoms with Gasteiger partial charge in [0, 0.05) is 50.1 Å². The summed E-state index contributed by atoms with van der Waals surface area (Å²) in [7, 11) is 0. The lowest BCUT2D eigenvalue weighted by atomic mass is 10.2. The summed E-state index contributed by atoms with van der Waals surface area (Å²) in [6.07, 6.45) is 2.51. The van der Waals surface area contributed by atoms with Gasteiger partial charge in [-0.1, -0.05) is 6.92 Å². The molecule has 2 aliphatic rings. The molecule has 0 unspecified atom stereocenters. The number of piperazine rings is 1. The highest BCUT2D eigenvalue weighted by atomic mass is 16.5. The van der Waals surface area contributed by atoms with Gasteiger partial charge >= 0.3 is 0 Å². The van der Waals surface area contributed by atoms with E-state index >= 15 is 0 Å². The van der Waals surface area contributed by atoms with Crippen LogP contribution in [0.1, 0.15) is 36.7 Å². The summed E-state index contributed by atoms with van der Waals surface area (Å²) >= 11 is 0. The Hall–Kier alpha value is -2.15. The van der Waals surface area contributed by atoms with E-state index in [1.807, 2.05) is 16.3 Å². The van der Waals surface area contributed by atoms with Gasteiger partial charge in [-0.05, 0) is 33.1 Å². The molecule has 2 fully saturated rings. The molecule has 0 aromatic carbocycles. The molecule has 4 heterocycles. The van der Waals surface area contributed by atoms with Gasteiger partial charge in [-0.25, -0.2) is 4.98 Å². The van der Waals surface area contributed by atoms with Gasteiger partial charge in [-0.2, -0.15) is 9.61 Å². The Balaban J connectivity index is 1.55. The molecule has 0 saturated carbocycles. The van der Waals surface area contributed by atoms with Crippen molar-refractivity contribution in [3.05, 3.63) is 23.0 Å². The summed E-state index contributed by atoms with van der Waals surface area (Å²) in [6, 6.07) is 2.14. The first kappa shape index (κ1) is 17.3. The van der Waals surface area contributed by atoms with Crippen LogP contribution in [0.25, 0.3) is 5.65 Å². The molecule has 7 nitrogen and oxygen atoms in total. The molecule has 0 radical (unpaired) electrons. The molecule has 0 bridgehead atoms. The van der Waals surface area contributed by atoms with Crippen LogP contribution in [-0.2, 0) is 16.0 Å². The molecule has 1 amide bonds. The van der Waals surface area contributed by atoms with Crippen LogP contribution in [0.3, 0.4) is 0 Å². The van der Waals surface area contributed by atoms with E-state index in [0.717, 1.165) is 73.9 Å². The maximum Gasteiger partial charge on any atom is 0.251 e. The van der Waals surface area contributed by atoms with Crippen molar-refractivity contribution < 1.29 is 9.53 Å². The second kappa shape index (κ2) is 6.87. The summed E-state index contributed by atoms with van der Waals surface area (Å²) < 4.78 is 7.52. The molecule has 4 rings (SSSR count). The monoisotopic (exact) mass is 357 g/mol. The van der Waals surface area contributed by atoms with Gasteiger partial charge in [0.15, 0.2) is 5.65 Å². The van der Waals surface area contributed by atoms with Crippen LogP contribution < -0.4 is 4.90 Å². The lowest BCUT2D eigenvalue weighted by Gasteiger charge is -2.37. The first-order valence-corrected chi connectivity index (χ1v) is 9.59. The Morgan fingerprint density at radius 2 is 2.04 bits per heavy atom. The zero-order chi connectivity index (χ0) is 18.3. The number of hydrogen-bond donors (Lipinski definition) is 0. The van der Waals surface area contributed by atoms with Crippen molar-refractivity contribution in [2.24, 2.45) is 0 Å². The highest BCUT2D eigenvalue weighted by Gasteiger charge is 2.31. The molecule has 7 heteroatoms. The van der Waals surface area contributed by atoms with Crippen LogP contribution in [0.15, 0.2) is 6.07 Å². The third-order valence-electron chi connectivity index (χ3n) is 5.57. The number of amides is 1. The predicted molar refractivity (Wildman–Crippen MR) is 99.6 cm³/mol. The van der Waals surface area contributed by atoms with Crippen molar-refractivity contribution in [3.8, 4) is 0 Å². The summed E-state index contributed by atoms with van der Waals surface area (Å²) in [5.41, 5.74) is 4.16. The van der Waals surface area contributed by atoms with E-state index in [9.17, 15) is 4.79 Å². The molecule has 2 aromatic rings. The maximum atomic E-state index is 12.6. The fraction of sp³-hybridized carbons (Fsp3) is 0.632. The third kappa shape index (κ3) is 2.94. The number of fused-ring (bicyclic) bond motifs is 1. The number of ether oxygens (including phenoxy) is 1. The summed E-state index contributed by atoms with van der Waals surface area (Å²) in [4.78, 5) is 21.6. The van der Waals surface area contributed by atoms with Gasteiger partial charge in [0.2, 0.25) is 0 Å². The van der Waals surface area contributed by atoms with Gasteiger partial charge in [0.1, 0.15) is 11.9 Å². The molecule has 140 valence electrons. The fourth-order valence-corrected chi connectivity index (χ4v) is 3.80. The first-order valence-electron chi connectivity index (χ1n) is 9.59. The van der Waals surface area contributed by atoms with E-state index in [2.05, 4.69) is 24.8 Å². The first-order chi connectivity index (χ1) is 12.6. The standard InChI is InChI=1S/C19H27N5O2/c1-4-15-12-17(24-18(20-15)13(2)14(3)21-24)22-7-9-23(10-8-22)19(25)16-6-5-11-26-16/h12,16H,4-11H2,1-3H3/t16-/m0/s1. The lowest BCUT2D eigenvalue weighted by Crippen LogP contribution is -2.51. The highest BCUT2D eigenvalue weighted by Crippen LogP contribution is 2.23. The van der Waals surface area contributed by atoms with E-state index in [-0.39, 0.29) is 12.0 Å². The summed E-state index contributed by atoms with van der Waals surface area (Å²) in [6.45, 7) is 10.00. The van der Waals surface area contributed by atoms with Gasteiger partial charge in [-0.3, -0.25) is 4.79 Å². The SMILES string of the molecule is CCc1cc(N2CCN(C(=O)[C@@H]3CCCO3)CC2)n2nc(C)c(C)c2n1. The number of hydrogen-bond acceptors (Lipinski definition) is 5. The van der Waals surface area contributed by atoms with Crippen LogP contribution in [0.5, 0.6) is 0 Å². The lowest BCUT2D eigenvalue weighted by molar-refractivity contribution is -0.141. The van der Waals surface area contributed by atoms with Gasteiger partial charge in [0.05, 0.1) is 5.69 Å². The molecule has 0 N–H and O–H groups in total. The van der Waals surface area contributed by atoms with E-state index in [0.29, 0.717) is 6.61 Å². The van der Waals surface area contributed by atoms with Gasteiger partial charge in [0.25, 0.3) is 5.91 Å². The number of rotatable bonds is 3. The molecule has 1 atom stereocenters. The molecular weight excluding hydrogens is 330 g/mol. The Morgan fingerprint density at radius 1 is 1.27 bits per heavy atom. The van der Waals surface area contributed by atoms with Crippen molar-refractivity contribution in [1.82, 2.24) is 19.5 Å². The van der Waals surface area contributed by atoms with Gasteiger partial charge < -0.3 is 14.5 Å². The van der Waals surface area contributed by atoms with E-state index < -0.39 is 0 Å². The normalized spacial score (nSPS) is 21.0. The largest absolute Gasteiger partial charge is 0.368 e. The van der Waals surface area contributed by atoms with E-state index in [1.54, 1.807) is 0 Å². The topological polar surface area (TPSA) is 63.0 Å². The van der Waals surface area contributed by atoms with E-state index in [1.165, 1.54) is 0 Å². The number of carbonyl (C=O) groups is 1. The summed E-state index contributed by atoms with van der Waals surface area (Å²) in [5, 5.41) is 4.69. The molecule has 2 aromatic heterocycles. The third-order valence-corrected chi connectivity index (χ3v) is 5.57. The van der Waals surface area contributed by atoms with Crippen molar-refractivity contribution in [2.75, 3.05) is 37.7 Å². The molecule has 0 aliphatic carbocycles. The zero-order valence-electron chi connectivity index (χ0n) is 15.9. The second-order valence-electron chi connectivity index (χ2n) is 7.22. The minimum absolute atomic E-state index is 0.155. The number of nitrogens with zero attached hydrogens (tertiary/aromatic N) is 5. The van der Waals surface area contributed by atoms with Gasteiger partial charge in [-0.15, -0.1) is 0 Å². The molecule has 0 spiro atoms. The summed E-state index contributed by atoms with van der Waals surface area (Å²) in [5.74, 6) is 1.23. The Labute approximate surface area is 153 Å². The average Bonchev–Trinajstić information content (AvgIpc) is 3.30.